The van der Waals surface area contributed by atoms with Crippen LogP contribution in [0.5, 0.6) is 5.75 Å². The Kier molecular flexibility index (Phi) is 3.31. The Bertz CT molecular complexity index is 778. The van der Waals surface area contributed by atoms with Gasteiger partial charge in [0.05, 0.1) is 12.0 Å². The zero-order valence-corrected chi connectivity index (χ0v) is 13.4. The minimum Gasteiger partial charge on any atom is -0.469 e. The molecule has 116 valence electrons. The van der Waals surface area contributed by atoms with E-state index >= 15 is 0 Å². The molecule has 1 fully saturated rings. The van der Waals surface area contributed by atoms with Crippen LogP contribution in [0.15, 0.2) is 54.6 Å². The topological polar surface area (TPSA) is 41.6 Å². The van der Waals surface area contributed by atoms with Crippen LogP contribution in [0.2, 0.25) is 0 Å². The van der Waals surface area contributed by atoms with Gasteiger partial charge in [0.2, 0.25) is 0 Å². The van der Waals surface area contributed by atoms with E-state index in [-0.39, 0.29) is 17.7 Å². The number of nitrogens with one attached hydrogen (secondary N) is 1. The summed E-state index contributed by atoms with van der Waals surface area (Å²) in [6.07, 6.45) is -0.427. The summed E-state index contributed by atoms with van der Waals surface area (Å²) in [7, 11) is 0. The van der Waals surface area contributed by atoms with Crippen LogP contribution in [0.4, 0.5) is 5.69 Å². The van der Waals surface area contributed by atoms with E-state index in [1.807, 2.05) is 59.5 Å². The average molecular weight is 324 g/mol. The number of anilines is 1. The maximum absolute atomic E-state index is 12.3. The van der Waals surface area contributed by atoms with E-state index in [0.717, 1.165) is 17.0 Å². The third kappa shape index (κ3) is 2.19. The molecule has 2 bridgehead atoms. The van der Waals surface area contributed by atoms with Crippen LogP contribution in [-0.2, 0) is 4.79 Å². The lowest BCUT2D eigenvalue weighted by Crippen LogP contribution is -2.64. The Labute approximate surface area is 140 Å². The summed E-state index contributed by atoms with van der Waals surface area (Å²) >= 11 is 5.56. The van der Waals surface area contributed by atoms with Gasteiger partial charge in [0.15, 0.2) is 11.3 Å². The van der Waals surface area contributed by atoms with Crippen molar-refractivity contribution in [1.29, 1.82) is 0 Å². The number of thiocarbonyl (C=S) groups is 1. The summed E-state index contributed by atoms with van der Waals surface area (Å²) in [6.45, 7) is 1.61. The van der Waals surface area contributed by atoms with Crippen LogP contribution >= 0.6 is 12.2 Å². The molecule has 2 aromatic carbocycles. The van der Waals surface area contributed by atoms with Crippen LogP contribution in [0.25, 0.3) is 0 Å². The lowest BCUT2D eigenvalue weighted by atomic mass is 9.83. The molecular weight excluding hydrogens is 308 g/mol. The van der Waals surface area contributed by atoms with Gasteiger partial charge in [-0.05, 0) is 37.3 Å². The number of carbonyl (C=O) groups is 1. The summed E-state index contributed by atoms with van der Waals surface area (Å²) in [5.41, 5.74) is 1.90. The quantitative estimate of drug-likeness (QED) is 0.860. The summed E-state index contributed by atoms with van der Waals surface area (Å²) in [5.74, 6) is 0.582. The van der Waals surface area contributed by atoms with Crippen molar-refractivity contribution in [3.05, 3.63) is 60.2 Å². The zero-order valence-electron chi connectivity index (χ0n) is 12.6. The predicted octanol–water partition coefficient (Wildman–Crippen LogP) is 3.05. The molecule has 0 unspecified atom stereocenters. The molecule has 2 aromatic rings. The fourth-order valence-corrected chi connectivity index (χ4v) is 3.73. The molecule has 2 heterocycles. The van der Waals surface area contributed by atoms with Crippen molar-refractivity contribution in [2.45, 2.75) is 19.2 Å². The van der Waals surface area contributed by atoms with Crippen molar-refractivity contribution < 1.29 is 9.53 Å². The van der Waals surface area contributed by atoms with E-state index in [1.54, 1.807) is 6.92 Å². The lowest BCUT2D eigenvalue weighted by molar-refractivity contribution is -0.125. The van der Waals surface area contributed by atoms with E-state index in [0.29, 0.717) is 5.11 Å². The van der Waals surface area contributed by atoms with Gasteiger partial charge in [-0.1, -0.05) is 36.4 Å². The van der Waals surface area contributed by atoms with Gasteiger partial charge in [0.25, 0.3) is 0 Å². The molecule has 2 aliphatic heterocycles. The predicted molar refractivity (Wildman–Crippen MR) is 92.4 cm³/mol. The third-order valence-electron chi connectivity index (χ3n) is 4.42. The van der Waals surface area contributed by atoms with Gasteiger partial charge in [-0.25, -0.2) is 0 Å². The Morgan fingerprint density at radius 2 is 1.83 bits per heavy atom. The number of para-hydroxylation sites is 2. The van der Waals surface area contributed by atoms with Gasteiger partial charge < -0.3 is 10.1 Å². The van der Waals surface area contributed by atoms with E-state index in [9.17, 15) is 4.79 Å². The fraction of sp³-hybridized carbons (Fsp3) is 0.222. The summed E-state index contributed by atoms with van der Waals surface area (Å²) < 4.78 is 6.19. The number of ether oxygens (including phenoxy) is 1. The van der Waals surface area contributed by atoms with Crippen LogP contribution in [-0.4, -0.2) is 17.1 Å². The van der Waals surface area contributed by atoms with Crippen molar-refractivity contribution in [2.24, 2.45) is 5.92 Å². The van der Waals surface area contributed by atoms with Crippen molar-refractivity contribution in [1.82, 2.24) is 5.32 Å². The van der Waals surface area contributed by atoms with Crippen molar-refractivity contribution in [3.63, 3.8) is 0 Å². The Hall–Kier alpha value is -2.40. The first-order chi connectivity index (χ1) is 11.2. The molecule has 23 heavy (non-hydrogen) atoms. The van der Waals surface area contributed by atoms with Gasteiger partial charge in [0, 0.05) is 11.3 Å². The number of ketones is 1. The number of hydrogen-bond donors (Lipinski definition) is 1. The first-order valence-electron chi connectivity index (χ1n) is 7.57. The second kappa shape index (κ2) is 5.35. The number of fused-ring (bicyclic) bond motifs is 4. The second-order valence-corrected chi connectivity index (χ2v) is 6.20. The smallest absolute Gasteiger partial charge is 0.190 e. The van der Waals surface area contributed by atoms with Gasteiger partial charge >= 0.3 is 0 Å². The molecule has 4 rings (SSSR count). The molecule has 1 N–H and O–H groups in total. The third-order valence-corrected chi connectivity index (χ3v) is 4.74. The Balaban J connectivity index is 1.85. The number of rotatable bonds is 2. The normalized spacial score (nSPS) is 25.2. The average Bonchev–Trinajstić information content (AvgIpc) is 2.55. The minimum absolute atomic E-state index is 0.0884. The molecule has 2 aliphatic rings. The summed E-state index contributed by atoms with van der Waals surface area (Å²) in [6, 6.07) is 17.5. The Morgan fingerprint density at radius 1 is 1.13 bits per heavy atom. The van der Waals surface area contributed by atoms with Crippen LogP contribution < -0.4 is 15.0 Å². The van der Waals surface area contributed by atoms with Gasteiger partial charge in [0.1, 0.15) is 11.5 Å². The molecule has 0 saturated carbocycles. The molecule has 4 nitrogen and oxygen atoms in total. The number of Topliss-reactive ketones (excluding diaryl/α,β-unsaturated/α-hetero) is 1. The first kappa shape index (κ1) is 14.2. The standard InChI is InChI=1S/C18H16N2O2S/c1-11(21)15-16-13-9-5-6-10-14(13)22-17(15)20(18(23)19-16)12-7-3-2-4-8-12/h2-10,15-17H,1H3,(H,19,23)/t15-,16-,17-/m0/s1. The summed E-state index contributed by atoms with van der Waals surface area (Å²) in [4.78, 5) is 14.2. The molecule has 3 atom stereocenters. The molecular formula is C18H16N2O2S. The number of nitrogens with zero attached hydrogens (tertiary/aromatic N) is 1. The largest absolute Gasteiger partial charge is 0.469 e. The van der Waals surface area contributed by atoms with Crippen LogP contribution in [0.3, 0.4) is 0 Å². The molecule has 0 radical (unpaired) electrons. The van der Waals surface area contributed by atoms with Gasteiger partial charge in [-0.2, -0.15) is 0 Å². The monoisotopic (exact) mass is 324 g/mol. The highest BCUT2D eigenvalue weighted by molar-refractivity contribution is 7.80. The van der Waals surface area contributed by atoms with Crippen molar-refractivity contribution >= 4 is 28.8 Å². The molecule has 0 aliphatic carbocycles. The van der Waals surface area contributed by atoms with Crippen molar-refractivity contribution in [3.8, 4) is 5.75 Å². The van der Waals surface area contributed by atoms with Gasteiger partial charge in [-0.3, -0.25) is 9.69 Å². The summed E-state index contributed by atoms with van der Waals surface area (Å²) in [5, 5.41) is 3.92. The minimum atomic E-state index is -0.427. The maximum atomic E-state index is 12.3. The lowest BCUT2D eigenvalue weighted by Gasteiger charge is -2.49. The number of carbonyl (C=O) groups excluding carboxylic acids is 1. The van der Waals surface area contributed by atoms with Crippen LogP contribution in [0.1, 0.15) is 18.5 Å². The molecule has 5 heteroatoms. The molecule has 0 amide bonds. The van der Waals surface area contributed by atoms with E-state index in [1.165, 1.54) is 0 Å². The SMILES string of the molecule is CC(=O)[C@H]1[C@H]2NC(=S)N(c3ccccc3)[C@H]1Oc1ccccc12. The molecule has 0 aromatic heterocycles. The van der Waals surface area contributed by atoms with Gasteiger partial charge in [-0.15, -0.1) is 0 Å². The van der Waals surface area contributed by atoms with E-state index in [2.05, 4.69) is 5.32 Å². The Morgan fingerprint density at radius 3 is 2.57 bits per heavy atom. The molecule has 1 saturated heterocycles. The maximum Gasteiger partial charge on any atom is 0.190 e. The van der Waals surface area contributed by atoms with Crippen molar-refractivity contribution in [2.75, 3.05) is 4.90 Å². The fourth-order valence-electron chi connectivity index (χ4n) is 3.39. The van der Waals surface area contributed by atoms with E-state index in [4.69, 9.17) is 17.0 Å². The zero-order chi connectivity index (χ0) is 16.0. The highest BCUT2D eigenvalue weighted by atomic mass is 32.1. The van der Waals surface area contributed by atoms with E-state index < -0.39 is 6.23 Å². The highest BCUT2D eigenvalue weighted by Gasteiger charge is 2.49. The second-order valence-electron chi connectivity index (χ2n) is 5.82. The molecule has 0 spiro atoms. The van der Waals surface area contributed by atoms with Crippen LogP contribution in [0, 0.1) is 5.92 Å². The first-order valence-corrected chi connectivity index (χ1v) is 7.98. The highest BCUT2D eigenvalue weighted by Crippen LogP contribution is 2.43. The number of hydrogen-bond acceptors (Lipinski definition) is 3. The number of benzene rings is 2.